The molecule has 1 aromatic carbocycles. The van der Waals surface area contributed by atoms with Crippen molar-refractivity contribution < 1.29 is 14.4 Å². The summed E-state index contributed by atoms with van der Waals surface area (Å²) in [4.78, 5) is 23.3. The van der Waals surface area contributed by atoms with Crippen LogP contribution in [0.2, 0.25) is 0 Å². The molecule has 3 rings (SSSR count). The quantitative estimate of drug-likeness (QED) is 0.680. The number of hydrogen-bond acceptors (Lipinski definition) is 5. The molecule has 2 heterocycles. The van der Waals surface area contributed by atoms with Crippen LogP contribution in [0.25, 0.3) is 0 Å². The SMILES string of the molecule is O=P(O)(O)CC1(C(Cc2ccccc2)c2nn[nH]n2)C=CC=N1. The van der Waals surface area contributed by atoms with Gasteiger partial charge in [0.15, 0.2) is 5.82 Å². The van der Waals surface area contributed by atoms with Gasteiger partial charge < -0.3 is 9.79 Å². The number of benzene rings is 1. The highest BCUT2D eigenvalue weighted by atomic mass is 31.2. The van der Waals surface area contributed by atoms with Gasteiger partial charge in [-0.1, -0.05) is 41.6 Å². The Morgan fingerprint density at radius 3 is 2.61 bits per heavy atom. The van der Waals surface area contributed by atoms with E-state index >= 15 is 0 Å². The van der Waals surface area contributed by atoms with Crippen LogP contribution in [-0.2, 0) is 11.0 Å². The molecule has 2 atom stereocenters. The van der Waals surface area contributed by atoms with E-state index < -0.39 is 25.2 Å². The third-order valence-corrected chi connectivity index (χ3v) is 4.72. The Bertz CT molecular complexity index is 742. The molecule has 0 saturated carbocycles. The molecule has 0 fully saturated rings. The van der Waals surface area contributed by atoms with Crippen molar-refractivity contribution in [3.8, 4) is 0 Å². The van der Waals surface area contributed by atoms with E-state index in [0.29, 0.717) is 12.2 Å². The lowest BCUT2D eigenvalue weighted by molar-refractivity contribution is 0.348. The standard InChI is InChI=1S/C14H16N5O3P/c20-23(21,22)10-14(7-4-8-15-14)12(13-16-18-19-17-13)9-11-5-2-1-3-6-11/h1-8,12H,9-10H2,(H2,20,21,22)(H,16,17,18,19). The van der Waals surface area contributed by atoms with Gasteiger partial charge in [-0.15, -0.1) is 10.2 Å². The molecule has 2 aromatic rings. The topological polar surface area (TPSA) is 124 Å². The van der Waals surface area contributed by atoms with Crippen LogP contribution in [0, 0.1) is 0 Å². The van der Waals surface area contributed by atoms with Crippen LogP contribution in [0.5, 0.6) is 0 Å². The summed E-state index contributed by atoms with van der Waals surface area (Å²) in [6.45, 7) is 0. The van der Waals surface area contributed by atoms with E-state index in [1.807, 2.05) is 30.3 Å². The third kappa shape index (κ3) is 3.61. The van der Waals surface area contributed by atoms with E-state index in [2.05, 4.69) is 25.6 Å². The van der Waals surface area contributed by atoms with Gasteiger partial charge in [-0.25, -0.2) is 0 Å². The molecule has 0 spiro atoms. The number of aromatic nitrogens is 4. The van der Waals surface area contributed by atoms with Crippen LogP contribution in [-0.4, -0.2) is 48.3 Å². The van der Waals surface area contributed by atoms with E-state index in [0.717, 1.165) is 5.56 Å². The molecular formula is C14H16N5O3P. The minimum absolute atomic E-state index is 0.381. The van der Waals surface area contributed by atoms with Crippen LogP contribution in [0.1, 0.15) is 17.3 Å². The molecule has 1 aliphatic rings. The molecule has 0 amide bonds. The van der Waals surface area contributed by atoms with Gasteiger partial charge in [-0.05, 0) is 18.1 Å². The highest BCUT2D eigenvalue weighted by molar-refractivity contribution is 7.51. The minimum Gasteiger partial charge on any atom is -0.324 e. The van der Waals surface area contributed by atoms with Crippen molar-refractivity contribution in [2.45, 2.75) is 17.9 Å². The second kappa shape index (κ2) is 6.16. The van der Waals surface area contributed by atoms with Gasteiger partial charge in [0.05, 0.1) is 12.1 Å². The maximum absolute atomic E-state index is 11.6. The summed E-state index contributed by atoms with van der Waals surface area (Å²) in [6.07, 6.45) is 5.03. The lowest BCUT2D eigenvalue weighted by Crippen LogP contribution is -2.37. The molecule has 2 unspecified atom stereocenters. The fraction of sp³-hybridized carbons (Fsp3) is 0.286. The fourth-order valence-electron chi connectivity index (χ4n) is 2.83. The first-order valence-corrected chi connectivity index (χ1v) is 8.83. The largest absolute Gasteiger partial charge is 0.328 e. The zero-order chi connectivity index (χ0) is 16.3. The predicted octanol–water partition coefficient (Wildman–Crippen LogP) is 1.08. The molecule has 1 aliphatic heterocycles. The van der Waals surface area contributed by atoms with Gasteiger partial charge >= 0.3 is 7.60 Å². The Hall–Kier alpha value is -2.15. The Kier molecular flexibility index (Phi) is 4.21. The monoisotopic (exact) mass is 333 g/mol. The van der Waals surface area contributed by atoms with Crippen LogP contribution < -0.4 is 0 Å². The van der Waals surface area contributed by atoms with E-state index in [-0.39, 0.29) is 0 Å². The highest BCUT2D eigenvalue weighted by Gasteiger charge is 2.45. The molecule has 23 heavy (non-hydrogen) atoms. The Morgan fingerprint density at radius 2 is 2.04 bits per heavy atom. The Morgan fingerprint density at radius 1 is 1.26 bits per heavy atom. The normalized spacial score (nSPS) is 21.7. The van der Waals surface area contributed by atoms with E-state index in [1.165, 1.54) is 0 Å². The second-order valence-corrected chi connectivity index (χ2v) is 7.11. The van der Waals surface area contributed by atoms with Crippen molar-refractivity contribution in [3.63, 3.8) is 0 Å². The molecule has 1 aromatic heterocycles. The average Bonchev–Trinajstić information content (AvgIpc) is 3.16. The lowest BCUT2D eigenvalue weighted by Gasteiger charge is -2.32. The van der Waals surface area contributed by atoms with Gasteiger partial charge in [0.25, 0.3) is 0 Å². The van der Waals surface area contributed by atoms with Gasteiger partial charge in [0, 0.05) is 6.21 Å². The van der Waals surface area contributed by atoms with Gasteiger partial charge in [0.2, 0.25) is 0 Å². The number of nitrogens with zero attached hydrogens (tertiary/aromatic N) is 4. The number of aromatic amines is 1. The number of nitrogens with one attached hydrogen (secondary N) is 1. The van der Waals surface area contributed by atoms with Crippen molar-refractivity contribution in [1.29, 1.82) is 0 Å². The van der Waals surface area contributed by atoms with Crippen molar-refractivity contribution in [1.82, 2.24) is 20.6 Å². The summed E-state index contributed by atoms with van der Waals surface area (Å²) < 4.78 is 11.6. The van der Waals surface area contributed by atoms with E-state index in [4.69, 9.17) is 0 Å². The molecule has 0 aliphatic carbocycles. The first-order chi connectivity index (χ1) is 11.0. The van der Waals surface area contributed by atoms with Crippen LogP contribution in [0.4, 0.5) is 0 Å². The first-order valence-electron chi connectivity index (χ1n) is 7.03. The Balaban J connectivity index is 2.01. The molecule has 9 heteroatoms. The summed E-state index contributed by atoms with van der Waals surface area (Å²) in [6, 6.07) is 9.62. The van der Waals surface area contributed by atoms with Crippen LogP contribution in [0.3, 0.4) is 0 Å². The van der Waals surface area contributed by atoms with Crippen molar-refractivity contribution >= 4 is 13.8 Å². The summed E-state index contributed by atoms with van der Waals surface area (Å²) in [5.41, 5.74) is -0.0819. The van der Waals surface area contributed by atoms with E-state index in [1.54, 1.807) is 18.4 Å². The number of rotatable bonds is 6. The van der Waals surface area contributed by atoms with Gasteiger partial charge in [0.1, 0.15) is 5.54 Å². The number of aliphatic imine (C=N–C) groups is 1. The van der Waals surface area contributed by atoms with E-state index in [9.17, 15) is 14.4 Å². The molecule has 120 valence electrons. The fourth-order valence-corrected chi connectivity index (χ4v) is 3.90. The molecule has 3 N–H and O–H groups in total. The molecule has 0 radical (unpaired) electrons. The predicted molar refractivity (Wildman–Crippen MR) is 84.3 cm³/mol. The number of H-pyrrole nitrogens is 1. The summed E-state index contributed by atoms with van der Waals surface area (Å²) in [5.74, 6) is -0.0581. The summed E-state index contributed by atoms with van der Waals surface area (Å²) in [7, 11) is -4.29. The van der Waals surface area contributed by atoms with Gasteiger partial charge in [-0.3, -0.25) is 9.56 Å². The zero-order valence-corrected chi connectivity index (χ0v) is 13.0. The maximum Gasteiger partial charge on any atom is 0.328 e. The molecule has 0 saturated heterocycles. The zero-order valence-electron chi connectivity index (χ0n) is 12.1. The smallest absolute Gasteiger partial charge is 0.324 e. The van der Waals surface area contributed by atoms with Gasteiger partial charge in [-0.2, -0.15) is 5.21 Å². The molecular weight excluding hydrogens is 317 g/mol. The number of tetrazole rings is 1. The van der Waals surface area contributed by atoms with Crippen molar-refractivity contribution in [2.24, 2.45) is 4.99 Å². The van der Waals surface area contributed by atoms with Crippen molar-refractivity contribution in [2.75, 3.05) is 6.16 Å². The number of hydrogen-bond donors (Lipinski definition) is 3. The minimum atomic E-state index is -4.29. The molecule has 8 nitrogen and oxygen atoms in total. The summed E-state index contributed by atoms with van der Waals surface area (Å²) in [5, 5.41) is 14.0. The first kappa shape index (κ1) is 15.7. The average molecular weight is 333 g/mol. The van der Waals surface area contributed by atoms with Crippen molar-refractivity contribution in [3.05, 3.63) is 53.9 Å². The third-order valence-electron chi connectivity index (χ3n) is 3.80. The summed E-state index contributed by atoms with van der Waals surface area (Å²) >= 11 is 0. The van der Waals surface area contributed by atoms with Crippen LogP contribution in [0.15, 0.2) is 47.5 Å². The number of allylic oxidation sites excluding steroid dienone is 1. The van der Waals surface area contributed by atoms with Crippen LogP contribution >= 0.6 is 7.60 Å². The highest BCUT2D eigenvalue weighted by Crippen LogP contribution is 2.47. The lowest BCUT2D eigenvalue weighted by atomic mass is 9.81. The molecule has 0 bridgehead atoms. The Labute approximate surface area is 132 Å². The second-order valence-electron chi connectivity index (χ2n) is 5.46. The maximum atomic E-state index is 11.6.